The molecule has 1 fully saturated rings. The Morgan fingerprint density at radius 1 is 0.691 bits per heavy atom. The maximum atomic E-state index is 12.4. The Balaban J connectivity index is 0.000000274. The number of nitrogens with one attached hydrogen (secondary N) is 1. The minimum atomic E-state index is -1.17. The molecule has 2 atom stereocenters. The summed E-state index contributed by atoms with van der Waals surface area (Å²) in [6.45, 7) is 52.9. The van der Waals surface area contributed by atoms with Crippen LogP contribution >= 0.6 is 0 Å². The van der Waals surface area contributed by atoms with Crippen molar-refractivity contribution in [2.45, 2.75) is 139 Å². The molecule has 1 heterocycles. The van der Waals surface area contributed by atoms with Crippen molar-refractivity contribution in [3.63, 3.8) is 0 Å². The Bertz CT molecular complexity index is 2340. The fraction of sp³-hybridized carbons (Fsp3) is 0.444. The van der Waals surface area contributed by atoms with E-state index in [0.717, 1.165) is 61.8 Å². The van der Waals surface area contributed by atoms with E-state index in [2.05, 4.69) is 133 Å². The molecule has 370 valence electrons. The quantitative estimate of drug-likeness (QED) is 0.0514. The van der Waals surface area contributed by atoms with Gasteiger partial charge in [0.25, 0.3) is 5.91 Å². The van der Waals surface area contributed by atoms with E-state index in [1.54, 1.807) is 26.0 Å². The normalized spacial score (nSPS) is 14.6. The van der Waals surface area contributed by atoms with Crippen LogP contribution in [0.2, 0.25) is 78.6 Å². The van der Waals surface area contributed by atoms with Crippen molar-refractivity contribution < 1.29 is 23.8 Å². The van der Waals surface area contributed by atoms with Crippen LogP contribution in [0, 0.1) is 41.5 Å². The Hall–Kier alpha value is -3.71. The number of methoxy groups -OCH3 is 2. The van der Waals surface area contributed by atoms with Gasteiger partial charge in [0.15, 0.2) is 0 Å². The van der Waals surface area contributed by atoms with E-state index in [9.17, 15) is 9.59 Å². The van der Waals surface area contributed by atoms with Crippen LogP contribution in [0.5, 0.6) is 11.5 Å². The molecular formula is C54H84N4O5Si4Sn. The molecule has 68 heavy (non-hydrogen) atoms. The number of hydrogen-bond acceptors (Lipinski definition) is 8. The summed E-state index contributed by atoms with van der Waals surface area (Å²) in [6, 6.07) is 23.7. The van der Waals surface area contributed by atoms with Gasteiger partial charge in [0.2, 0.25) is 0 Å². The molecule has 4 aromatic carbocycles. The second-order valence-electron chi connectivity index (χ2n) is 21.9. The number of rotatable bonds is 16. The zero-order valence-electron chi connectivity index (χ0n) is 45.6. The number of anilines is 2. The average Bonchev–Trinajstić information content (AvgIpc) is 3.23. The van der Waals surface area contributed by atoms with Crippen molar-refractivity contribution in [3.05, 3.63) is 142 Å². The number of hydrogen-bond donors (Lipinski definition) is 1. The molecule has 9 nitrogen and oxygen atoms in total. The van der Waals surface area contributed by atoms with Crippen molar-refractivity contribution in [3.8, 4) is 11.5 Å². The van der Waals surface area contributed by atoms with Gasteiger partial charge in [-0.2, -0.15) is 0 Å². The van der Waals surface area contributed by atoms with Gasteiger partial charge in [-0.3, -0.25) is 9.69 Å². The third-order valence-corrected chi connectivity index (χ3v) is 52.1. The van der Waals surface area contributed by atoms with Gasteiger partial charge in [-0.25, -0.2) is 4.79 Å². The van der Waals surface area contributed by atoms with Crippen LogP contribution in [0.1, 0.15) is 63.5 Å². The van der Waals surface area contributed by atoms with Gasteiger partial charge < -0.3 is 19.5 Å². The standard InChI is InChI=1S/C22H27NO3.C20H21NO2.2C6H18NSi2.Sn/c1-7-26-22(24)17(5)21(18-10-8-14(2)9-11-18)23-19-12-15(3)16(4)20(13-19)25-6;1-12-6-8-16(9-7-12)19-15(4)20(22)21(19)17-10-13(2)14(3)18(11-17)23-5;2*1-8(2,3)7-9(4,5)6;/h8-13,21,23H,5,7H2,1-4,6H3;6-11,19H,4H2,1-3,5H3;2*1-6H3;/q;;2*-1;+2/t21-;19-;;;/m11.../s1. The van der Waals surface area contributed by atoms with E-state index in [4.69, 9.17) is 14.2 Å². The van der Waals surface area contributed by atoms with Gasteiger partial charge in [-0.05, 0) is 94.0 Å². The van der Waals surface area contributed by atoms with Gasteiger partial charge in [-0.1, -0.05) is 72.8 Å². The number of β-lactam (4-membered cyclic amide) rings is 1. The third kappa shape index (κ3) is 15.4. The first-order chi connectivity index (χ1) is 31.3. The van der Waals surface area contributed by atoms with Gasteiger partial charge in [-0.15, -0.1) is 0 Å². The molecule has 4 aromatic rings. The van der Waals surface area contributed by atoms with Crippen LogP contribution in [0.15, 0.2) is 97.1 Å². The van der Waals surface area contributed by atoms with Crippen LogP contribution in [-0.2, 0) is 14.3 Å². The van der Waals surface area contributed by atoms with Crippen LogP contribution in [0.3, 0.4) is 0 Å². The number of amides is 1. The first-order valence-corrected chi connectivity index (χ1v) is 40.1. The predicted octanol–water partition coefficient (Wildman–Crippen LogP) is 13.6. The van der Waals surface area contributed by atoms with E-state index in [-0.39, 0.29) is 18.0 Å². The van der Waals surface area contributed by atoms with Crippen LogP contribution in [0.4, 0.5) is 11.4 Å². The zero-order chi connectivity index (χ0) is 51.9. The summed E-state index contributed by atoms with van der Waals surface area (Å²) in [7, 11) is -1.37. The topological polar surface area (TPSA) is 83.6 Å². The number of nitrogens with zero attached hydrogens (tertiary/aromatic N) is 3. The molecule has 1 aliphatic heterocycles. The summed E-state index contributed by atoms with van der Waals surface area (Å²) in [5, 5.41) is 3.42. The number of ether oxygens (including phenoxy) is 3. The Labute approximate surface area is 427 Å². The van der Waals surface area contributed by atoms with Crippen molar-refractivity contribution >= 4 is 77.9 Å². The number of esters is 1. The second kappa shape index (κ2) is 23.9. The number of aryl methyl sites for hydroxylation is 4. The molecule has 2 radical (unpaired) electrons. The first kappa shape index (κ1) is 58.6. The molecule has 14 heteroatoms. The second-order valence-corrected chi connectivity index (χ2v) is 50.2. The van der Waals surface area contributed by atoms with E-state index >= 15 is 0 Å². The molecule has 1 saturated heterocycles. The van der Waals surface area contributed by atoms with Crippen molar-refractivity contribution in [2.24, 2.45) is 0 Å². The molecule has 0 aliphatic carbocycles. The average molecular weight is 1100 g/mol. The van der Waals surface area contributed by atoms with Gasteiger partial charge in [0, 0.05) is 29.1 Å². The predicted molar refractivity (Wildman–Crippen MR) is 302 cm³/mol. The van der Waals surface area contributed by atoms with Crippen LogP contribution in [-0.4, -0.2) is 92.2 Å². The number of carbonyl (C=O) groups is 2. The Morgan fingerprint density at radius 2 is 1.12 bits per heavy atom. The summed E-state index contributed by atoms with van der Waals surface area (Å²) >= 11 is -0.599. The summed E-state index contributed by atoms with van der Waals surface area (Å²) < 4.78 is 22.3. The summed E-state index contributed by atoms with van der Waals surface area (Å²) in [6.07, 6.45) is 0. The maximum absolute atomic E-state index is 12.4. The van der Waals surface area contributed by atoms with E-state index < -0.39 is 60.6 Å². The van der Waals surface area contributed by atoms with E-state index in [1.807, 2.05) is 83.1 Å². The molecule has 1 amide bonds. The molecule has 0 bridgehead atoms. The molecule has 0 unspecified atom stereocenters. The SMILES string of the molecule is C=C(C(=O)OCC)[C@@H](Nc1cc(C)c(C)c(OC)c1)c1ccc(C)cc1.C=C1C(=O)N(c2cc(C)c(C)c(OC)c2)[C@H]1c1ccc(C)cc1.C[Si](C)(C)[N]([Sn][N]([Si](C)(C)C)[Si](C)(C)C)[Si](C)(C)C. The van der Waals surface area contributed by atoms with Crippen LogP contribution in [0.25, 0.3) is 0 Å². The monoisotopic (exact) mass is 1100 g/mol. The number of carbonyl (C=O) groups excluding carboxylic acids is 2. The fourth-order valence-corrected chi connectivity index (χ4v) is 42.0. The van der Waals surface area contributed by atoms with Crippen LogP contribution < -0.4 is 19.7 Å². The van der Waals surface area contributed by atoms with Gasteiger partial charge >= 0.3 is 144 Å². The molecular weight excluding hydrogens is 1020 g/mol. The Morgan fingerprint density at radius 3 is 1.54 bits per heavy atom. The molecule has 5 rings (SSSR count). The van der Waals surface area contributed by atoms with Gasteiger partial charge in [0.1, 0.15) is 11.5 Å². The summed E-state index contributed by atoms with van der Waals surface area (Å²) in [5.74, 6) is 1.17. The third-order valence-electron chi connectivity index (χ3n) is 11.9. The number of benzene rings is 4. The molecule has 1 aliphatic rings. The summed E-state index contributed by atoms with van der Waals surface area (Å²) in [4.78, 5) is 26.5. The minimum absolute atomic E-state index is 0.0270. The van der Waals surface area contributed by atoms with E-state index in [1.165, 1.54) is 5.56 Å². The summed E-state index contributed by atoms with van der Waals surface area (Å²) in [5.41, 5.74) is 11.5. The first-order valence-electron chi connectivity index (χ1n) is 23.7. The van der Waals surface area contributed by atoms with Crippen molar-refractivity contribution in [1.29, 1.82) is 0 Å². The molecule has 0 aromatic heterocycles. The van der Waals surface area contributed by atoms with Crippen molar-refractivity contribution in [2.75, 3.05) is 31.0 Å². The Kier molecular flexibility index (Phi) is 20.6. The van der Waals surface area contributed by atoms with Crippen molar-refractivity contribution in [1.82, 2.24) is 4.91 Å². The van der Waals surface area contributed by atoms with E-state index in [0.29, 0.717) is 17.8 Å². The molecule has 1 N–H and O–H groups in total. The fourth-order valence-electron chi connectivity index (χ4n) is 8.48. The molecule has 0 saturated carbocycles. The van der Waals surface area contributed by atoms with Gasteiger partial charge in [0.05, 0.1) is 38.5 Å². The molecule has 0 spiro atoms. The zero-order valence-corrected chi connectivity index (χ0v) is 52.4.